The molecule has 1 heterocycles. The largest absolute Gasteiger partial charge is 0.469 e. The van der Waals surface area contributed by atoms with Crippen LogP contribution in [-0.4, -0.2) is 23.8 Å². The summed E-state index contributed by atoms with van der Waals surface area (Å²) in [6, 6.07) is 9.15. The predicted octanol–water partition coefficient (Wildman–Crippen LogP) is 2.06. The minimum absolute atomic E-state index is 0.197. The van der Waals surface area contributed by atoms with E-state index in [1.165, 1.54) is 41.9 Å². The van der Waals surface area contributed by atoms with Crippen LogP contribution in [-0.2, 0) is 16.3 Å². The van der Waals surface area contributed by atoms with Gasteiger partial charge in [0.25, 0.3) is 9.84 Å². The molecule has 0 radical (unpaired) electrons. The van der Waals surface area contributed by atoms with Gasteiger partial charge in [-0.05, 0) is 23.8 Å². The number of aromatic nitrogens is 1. The highest BCUT2D eigenvalue weighted by Gasteiger charge is 2.22. The third-order valence-corrected chi connectivity index (χ3v) is 3.81. The fraction of sp³-hybridized carbons (Fsp3) is 0.0833. The first-order chi connectivity index (χ1) is 8.51. The van der Waals surface area contributed by atoms with E-state index in [4.69, 9.17) is 5.11 Å². The van der Waals surface area contributed by atoms with Gasteiger partial charge in [-0.2, -0.15) is 0 Å². The summed E-state index contributed by atoms with van der Waals surface area (Å²) in [5.41, 5.74) is 2.92. The lowest BCUT2D eigenvalue weighted by Gasteiger charge is -1.95. The zero-order chi connectivity index (χ0) is 13.2. The minimum atomic E-state index is -4.16. The number of fused-ring (bicyclic) bond motifs is 1. The van der Waals surface area contributed by atoms with Crippen LogP contribution in [0.3, 0.4) is 0 Å². The fourth-order valence-electron chi connectivity index (χ4n) is 1.39. The second-order valence-corrected chi connectivity index (χ2v) is 5.57. The lowest BCUT2D eigenvalue weighted by molar-refractivity contribution is 0.219. The van der Waals surface area contributed by atoms with Crippen LogP contribution in [0.2, 0.25) is 0 Å². The van der Waals surface area contributed by atoms with Crippen LogP contribution in [0, 0.1) is 0 Å². The Hall–Kier alpha value is -2.08. The summed E-state index contributed by atoms with van der Waals surface area (Å²) in [7, 11) is -4.16. The Morgan fingerprint density at radius 3 is 2.17 bits per heavy atom. The van der Waals surface area contributed by atoms with Crippen molar-refractivity contribution in [2.45, 2.75) is 11.3 Å². The Kier molecular flexibility index (Phi) is 3.20. The monoisotopic (exact) mass is 265 g/mol. The Labute approximate surface area is 104 Å². The molecule has 5 nitrogen and oxygen atoms in total. The molecule has 0 spiro atoms. The summed E-state index contributed by atoms with van der Waals surface area (Å²) in [6.45, 7) is 0. The highest BCUT2D eigenvalue weighted by molar-refractivity contribution is 8.05. The van der Waals surface area contributed by atoms with Gasteiger partial charge in [0.1, 0.15) is 0 Å². The molecule has 18 heavy (non-hydrogen) atoms. The molecule has 2 aromatic rings. The Morgan fingerprint density at radius 2 is 1.83 bits per heavy atom. The maximum absolute atomic E-state index is 10.9. The maximum atomic E-state index is 10.9. The molecule has 94 valence electrons. The molecule has 1 aliphatic carbocycles. The zero-order valence-electron chi connectivity index (χ0n) is 9.33. The molecule has 0 saturated carbocycles. The Morgan fingerprint density at radius 1 is 1.17 bits per heavy atom. The molecule has 1 aromatic carbocycles. The van der Waals surface area contributed by atoms with E-state index in [1.54, 1.807) is 6.07 Å². The van der Waals surface area contributed by atoms with Crippen molar-refractivity contribution >= 4 is 15.1 Å². The van der Waals surface area contributed by atoms with Crippen LogP contribution in [0.25, 0.3) is 0 Å². The number of aromatic amines is 1. The van der Waals surface area contributed by atoms with E-state index in [0.717, 1.165) is 0 Å². The molecule has 6 heteroatoms. The minimum Gasteiger partial charge on any atom is -0.469 e. The number of rotatable bonds is 1. The van der Waals surface area contributed by atoms with Crippen molar-refractivity contribution in [2.24, 2.45) is 0 Å². The summed E-state index contributed by atoms with van der Waals surface area (Å²) >= 11 is 0. The molecule has 2 N–H and O–H groups in total. The van der Waals surface area contributed by atoms with Gasteiger partial charge >= 0.3 is 5.30 Å². The lowest BCUT2D eigenvalue weighted by atomic mass is 10.4. The summed E-state index contributed by atoms with van der Waals surface area (Å²) in [5.74, 6) is 0. The zero-order valence-corrected chi connectivity index (χ0v) is 10.1. The maximum Gasteiger partial charge on any atom is 0.427 e. The Bertz CT molecular complexity index is 642. The van der Waals surface area contributed by atoms with E-state index in [2.05, 4.69) is 11.1 Å². The van der Waals surface area contributed by atoms with Gasteiger partial charge in [0.2, 0.25) is 0 Å². The van der Waals surface area contributed by atoms with Crippen molar-refractivity contribution in [2.75, 3.05) is 0 Å². The molecule has 0 saturated heterocycles. The van der Waals surface area contributed by atoms with E-state index in [1.807, 2.05) is 6.20 Å². The van der Waals surface area contributed by atoms with Gasteiger partial charge in [0.05, 0.1) is 4.90 Å². The van der Waals surface area contributed by atoms with Gasteiger partial charge < -0.3 is 10.1 Å². The average molecular weight is 265 g/mol. The third kappa shape index (κ3) is 2.60. The van der Waals surface area contributed by atoms with E-state index >= 15 is 0 Å². The van der Waals surface area contributed by atoms with Crippen LogP contribution in [0.15, 0.2) is 47.5 Å². The van der Waals surface area contributed by atoms with Crippen LogP contribution in [0.5, 0.6) is 0 Å². The number of carbonyl (C=O) groups is 1. The van der Waals surface area contributed by atoms with E-state index in [0.29, 0.717) is 0 Å². The van der Waals surface area contributed by atoms with Gasteiger partial charge in [-0.3, -0.25) is 0 Å². The van der Waals surface area contributed by atoms with Crippen molar-refractivity contribution in [1.82, 2.24) is 4.98 Å². The number of benzene rings is 1. The third-order valence-electron chi connectivity index (χ3n) is 2.46. The lowest BCUT2D eigenvalue weighted by Crippen LogP contribution is -2.11. The van der Waals surface area contributed by atoms with Gasteiger partial charge in [-0.25, -0.2) is 13.2 Å². The topological polar surface area (TPSA) is 87.2 Å². The van der Waals surface area contributed by atoms with Crippen molar-refractivity contribution in [1.29, 1.82) is 0 Å². The van der Waals surface area contributed by atoms with Crippen LogP contribution in [0.1, 0.15) is 11.3 Å². The van der Waals surface area contributed by atoms with Crippen LogP contribution >= 0.6 is 0 Å². The normalized spacial score (nSPS) is 12.0. The highest BCUT2D eigenvalue weighted by Crippen LogP contribution is 2.24. The number of carboxylic acid groups (broad SMARTS) is 1. The second kappa shape index (κ2) is 4.66. The van der Waals surface area contributed by atoms with Crippen molar-refractivity contribution in [3.63, 3.8) is 0 Å². The van der Waals surface area contributed by atoms with Crippen molar-refractivity contribution < 1.29 is 18.3 Å². The SMILES string of the molecule is O=C(O)S(=O)(=O)c1ccccc1.c1cc2c([nH]1)C2. The molecule has 0 amide bonds. The fourth-order valence-corrected chi connectivity index (χ4v) is 2.11. The van der Waals surface area contributed by atoms with Gasteiger partial charge in [-0.15, -0.1) is 0 Å². The number of nitrogens with one attached hydrogen (secondary N) is 1. The van der Waals surface area contributed by atoms with Gasteiger partial charge in [0.15, 0.2) is 0 Å². The van der Waals surface area contributed by atoms with E-state index in [-0.39, 0.29) is 4.90 Å². The van der Waals surface area contributed by atoms with Crippen LogP contribution < -0.4 is 0 Å². The van der Waals surface area contributed by atoms with Crippen molar-refractivity contribution in [3.05, 3.63) is 53.9 Å². The predicted molar refractivity (Wildman–Crippen MR) is 65.3 cm³/mol. The number of hydrogen-bond acceptors (Lipinski definition) is 3. The standard InChI is InChI=1S/C7H6O4S.C5H5N/c8-7(9)12(10,11)6-4-2-1-3-5-6;1-2-6-5-3-4(1)5/h1-5H,(H,8,9);1-2,6H,3H2. The molecular formula is C12H11NO4S. The summed E-state index contributed by atoms with van der Waals surface area (Å²) < 4.78 is 21.9. The first kappa shape index (κ1) is 12.4. The number of sulfone groups is 1. The molecule has 0 fully saturated rings. The number of H-pyrrole nitrogens is 1. The second-order valence-electron chi connectivity index (χ2n) is 3.74. The summed E-state index contributed by atoms with van der Waals surface area (Å²) in [5, 5.41) is 6.48. The molecule has 0 unspecified atom stereocenters. The number of hydrogen-bond donors (Lipinski definition) is 2. The Balaban J connectivity index is 0.000000164. The molecule has 1 aliphatic rings. The molecule has 0 bridgehead atoms. The quantitative estimate of drug-likeness (QED) is 0.705. The molecule has 3 rings (SSSR count). The molecule has 0 atom stereocenters. The van der Waals surface area contributed by atoms with Gasteiger partial charge in [-0.1, -0.05) is 18.2 Å². The highest BCUT2D eigenvalue weighted by atomic mass is 32.2. The van der Waals surface area contributed by atoms with Crippen molar-refractivity contribution in [3.8, 4) is 0 Å². The van der Waals surface area contributed by atoms with E-state index in [9.17, 15) is 13.2 Å². The first-order valence-corrected chi connectivity index (χ1v) is 6.68. The average Bonchev–Trinajstić information content (AvgIpc) is 2.98. The summed E-state index contributed by atoms with van der Waals surface area (Å²) in [4.78, 5) is 13.1. The molecule has 1 aromatic heterocycles. The molecular weight excluding hydrogens is 254 g/mol. The first-order valence-electron chi connectivity index (χ1n) is 5.20. The van der Waals surface area contributed by atoms with E-state index < -0.39 is 15.1 Å². The van der Waals surface area contributed by atoms with Crippen LogP contribution in [0.4, 0.5) is 4.79 Å². The smallest absolute Gasteiger partial charge is 0.427 e. The van der Waals surface area contributed by atoms with Gasteiger partial charge in [0, 0.05) is 18.3 Å². The molecule has 0 aliphatic heterocycles. The summed E-state index contributed by atoms with van der Waals surface area (Å²) in [6.07, 6.45) is 3.20.